The van der Waals surface area contributed by atoms with Crippen LogP contribution in [-0.4, -0.2) is 27.4 Å². The van der Waals surface area contributed by atoms with Crippen LogP contribution in [0.15, 0.2) is 53.4 Å². The van der Waals surface area contributed by atoms with Crippen molar-refractivity contribution in [2.24, 2.45) is 7.05 Å². The topological polar surface area (TPSA) is 73.0 Å². The lowest BCUT2D eigenvalue weighted by atomic mass is 10.1. The van der Waals surface area contributed by atoms with Crippen LogP contribution in [0, 0.1) is 0 Å². The third-order valence-corrected chi connectivity index (χ3v) is 3.54. The maximum atomic E-state index is 12.3. The highest BCUT2D eigenvalue weighted by atomic mass is 16.5. The van der Waals surface area contributed by atoms with Crippen molar-refractivity contribution in [2.45, 2.75) is 12.8 Å². The van der Waals surface area contributed by atoms with E-state index in [9.17, 15) is 4.79 Å². The highest BCUT2D eigenvalue weighted by molar-refractivity contribution is 5.99. The minimum Gasteiger partial charge on any atom is -0.355 e. The summed E-state index contributed by atoms with van der Waals surface area (Å²) in [5.74, 6) is 0.326. The van der Waals surface area contributed by atoms with Gasteiger partial charge in [0, 0.05) is 25.4 Å². The summed E-state index contributed by atoms with van der Waals surface area (Å²) in [5, 5.41) is 10.8. The third-order valence-electron chi connectivity index (χ3n) is 3.54. The predicted octanol–water partition coefficient (Wildman–Crippen LogP) is 2.44. The number of hydrogen-bond acceptors (Lipinski definition) is 4. The van der Waals surface area contributed by atoms with Crippen molar-refractivity contribution < 1.29 is 9.32 Å². The number of aromatic nitrogens is 3. The summed E-state index contributed by atoms with van der Waals surface area (Å²) in [6, 6.07) is 9.48. The molecule has 2 heterocycles. The molecule has 1 amide bonds. The molecule has 118 valence electrons. The molecule has 6 nitrogen and oxygen atoms in total. The fraction of sp³-hybridized carbons (Fsp3) is 0.235. The fourth-order valence-corrected chi connectivity index (χ4v) is 2.39. The van der Waals surface area contributed by atoms with Crippen LogP contribution >= 0.6 is 0 Å². The number of carbonyl (C=O) groups is 1. The Hall–Kier alpha value is -2.89. The molecule has 2 aromatic heterocycles. The van der Waals surface area contributed by atoms with Crippen molar-refractivity contribution in [3.63, 3.8) is 0 Å². The van der Waals surface area contributed by atoms with Crippen LogP contribution < -0.4 is 5.32 Å². The Morgan fingerprint density at radius 2 is 2.09 bits per heavy atom. The van der Waals surface area contributed by atoms with Gasteiger partial charge in [0.15, 0.2) is 5.76 Å². The Bertz CT molecular complexity index is 777. The molecule has 0 aliphatic heterocycles. The summed E-state index contributed by atoms with van der Waals surface area (Å²) in [7, 11) is 1.89. The van der Waals surface area contributed by atoms with Crippen LogP contribution in [0.5, 0.6) is 0 Å². The van der Waals surface area contributed by atoms with E-state index in [1.54, 1.807) is 4.68 Å². The molecule has 0 bridgehead atoms. The fourth-order valence-electron chi connectivity index (χ4n) is 2.39. The van der Waals surface area contributed by atoms with Gasteiger partial charge < -0.3 is 9.84 Å². The zero-order valence-electron chi connectivity index (χ0n) is 12.9. The van der Waals surface area contributed by atoms with Crippen LogP contribution in [0.25, 0.3) is 11.3 Å². The van der Waals surface area contributed by atoms with Gasteiger partial charge >= 0.3 is 0 Å². The first-order valence-corrected chi connectivity index (χ1v) is 7.50. The molecule has 23 heavy (non-hydrogen) atoms. The summed E-state index contributed by atoms with van der Waals surface area (Å²) >= 11 is 0. The molecule has 0 fully saturated rings. The van der Waals surface area contributed by atoms with Crippen LogP contribution in [-0.2, 0) is 13.5 Å². The van der Waals surface area contributed by atoms with E-state index in [2.05, 4.69) is 15.6 Å². The molecule has 0 saturated carbocycles. The van der Waals surface area contributed by atoms with E-state index in [0.29, 0.717) is 17.9 Å². The summed E-state index contributed by atoms with van der Waals surface area (Å²) in [6.45, 7) is 0.590. The minimum atomic E-state index is -0.170. The summed E-state index contributed by atoms with van der Waals surface area (Å²) in [4.78, 5) is 12.3. The summed E-state index contributed by atoms with van der Waals surface area (Å²) in [5.41, 5.74) is 2.46. The molecule has 1 aromatic carbocycles. The van der Waals surface area contributed by atoms with E-state index < -0.39 is 0 Å². The van der Waals surface area contributed by atoms with E-state index in [-0.39, 0.29) is 5.91 Å². The SMILES string of the molecule is Cn1cc(CCCNC(=O)c2cnoc2-c2ccccc2)cn1. The second kappa shape index (κ2) is 6.91. The van der Waals surface area contributed by atoms with Gasteiger partial charge in [0.2, 0.25) is 0 Å². The zero-order valence-corrected chi connectivity index (χ0v) is 12.9. The minimum absolute atomic E-state index is 0.170. The smallest absolute Gasteiger partial charge is 0.256 e. The molecule has 0 radical (unpaired) electrons. The summed E-state index contributed by atoms with van der Waals surface area (Å²) < 4.78 is 7.00. The Balaban J connectivity index is 1.56. The monoisotopic (exact) mass is 310 g/mol. The van der Waals surface area contributed by atoms with Crippen molar-refractivity contribution in [1.82, 2.24) is 20.3 Å². The van der Waals surface area contributed by atoms with Crippen molar-refractivity contribution in [1.29, 1.82) is 0 Å². The van der Waals surface area contributed by atoms with Gasteiger partial charge in [-0.1, -0.05) is 35.5 Å². The molecular formula is C17H18N4O2. The lowest BCUT2D eigenvalue weighted by Gasteiger charge is -2.04. The van der Waals surface area contributed by atoms with Gasteiger partial charge in [-0.15, -0.1) is 0 Å². The van der Waals surface area contributed by atoms with Gasteiger partial charge in [-0.2, -0.15) is 5.10 Å². The standard InChI is InChI=1S/C17H18N4O2/c1-21-12-13(10-19-21)6-5-9-18-17(22)15-11-20-23-16(15)14-7-3-2-4-8-14/h2-4,7-8,10-12H,5-6,9H2,1H3,(H,18,22). The maximum Gasteiger partial charge on any atom is 0.256 e. The normalized spacial score (nSPS) is 10.7. The molecule has 0 atom stereocenters. The van der Waals surface area contributed by atoms with E-state index in [4.69, 9.17) is 4.52 Å². The predicted molar refractivity (Wildman–Crippen MR) is 85.8 cm³/mol. The first-order valence-electron chi connectivity index (χ1n) is 7.50. The average molecular weight is 310 g/mol. The van der Waals surface area contributed by atoms with Crippen LogP contribution in [0.2, 0.25) is 0 Å². The van der Waals surface area contributed by atoms with Gasteiger partial charge in [-0.25, -0.2) is 0 Å². The van der Waals surface area contributed by atoms with Gasteiger partial charge in [-0.3, -0.25) is 9.48 Å². The van der Waals surface area contributed by atoms with Crippen molar-refractivity contribution >= 4 is 5.91 Å². The number of aryl methyl sites for hydroxylation is 2. The molecule has 0 unspecified atom stereocenters. The van der Waals surface area contributed by atoms with Gasteiger partial charge in [0.05, 0.1) is 12.4 Å². The Kier molecular flexibility index (Phi) is 4.52. The number of amides is 1. The quantitative estimate of drug-likeness (QED) is 0.710. The van der Waals surface area contributed by atoms with Crippen molar-refractivity contribution in [3.05, 3.63) is 60.0 Å². The number of carbonyl (C=O) groups excluding carboxylic acids is 1. The molecule has 3 rings (SSSR count). The second-order valence-corrected chi connectivity index (χ2v) is 5.32. The molecule has 1 N–H and O–H groups in total. The van der Waals surface area contributed by atoms with Gasteiger partial charge in [0.1, 0.15) is 5.56 Å². The van der Waals surface area contributed by atoms with Crippen LogP contribution in [0.4, 0.5) is 0 Å². The Morgan fingerprint density at radius 1 is 1.26 bits per heavy atom. The highest BCUT2D eigenvalue weighted by Crippen LogP contribution is 2.22. The molecule has 0 saturated heterocycles. The molecule has 3 aromatic rings. The molecule has 0 aliphatic rings. The van der Waals surface area contributed by atoms with Crippen LogP contribution in [0.1, 0.15) is 22.3 Å². The van der Waals surface area contributed by atoms with E-state index in [0.717, 1.165) is 24.0 Å². The number of nitrogens with zero attached hydrogens (tertiary/aromatic N) is 3. The number of nitrogens with one attached hydrogen (secondary N) is 1. The lowest BCUT2D eigenvalue weighted by molar-refractivity contribution is 0.0953. The van der Waals surface area contributed by atoms with Gasteiger partial charge in [0.25, 0.3) is 5.91 Å². The number of benzene rings is 1. The number of hydrogen-bond donors (Lipinski definition) is 1. The highest BCUT2D eigenvalue weighted by Gasteiger charge is 2.17. The maximum absolute atomic E-state index is 12.3. The van der Waals surface area contributed by atoms with E-state index >= 15 is 0 Å². The molecule has 0 spiro atoms. The van der Waals surface area contributed by atoms with Gasteiger partial charge in [-0.05, 0) is 18.4 Å². The molecular weight excluding hydrogens is 292 g/mol. The Morgan fingerprint density at radius 3 is 2.83 bits per heavy atom. The summed E-state index contributed by atoms with van der Waals surface area (Å²) in [6.07, 6.45) is 7.01. The second-order valence-electron chi connectivity index (χ2n) is 5.32. The van der Waals surface area contributed by atoms with E-state index in [1.807, 2.05) is 49.8 Å². The van der Waals surface area contributed by atoms with E-state index in [1.165, 1.54) is 6.20 Å². The average Bonchev–Trinajstić information content (AvgIpc) is 3.21. The first-order chi connectivity index (χ1) is 11.2. The molecule has 6 heteroatoms. The number of rotatable bonds is 6. The third kappa shape index (κ3) is 3.66. The van der Waals surface area contributed by atoms with Crippen molar-refractivity contribution in [2.75, 3.05) is 6.54 Å². The lowest BCUT2D eigenvalue weighted by Crippen LogP contribution is -2.24. The van der Waals surface area contributed by atoms with Crippen LogP contribution in [0.3, 0.4) is 0 Å². The van der Waals surface area contributed by atoms with Crippen molar-refractivity contribution in [3.8, 4) is 11.3 Å². The Labute approximate surface area is 134 Å². The first kappa shape index (κ1) is 15.0. The zero-order chi connectivity index (χ0) is 16.1. The molecule has 0 aliphatic carbocycles. The largest absolute Gasteiger partial charge is 0.355 e.